The molecule has 5 rings (SSSR count). The molecule has 0 radical (unpaired) electrons. The van der Waals surface area contributed by atoms with Crippen LogP contribution in [0.3, 0.4) is 0 Å². The number of benzene rings is 1. The Morgan fingerprint density at radius 1 is 1.06 bits per heavy atom. The number of hydrogen-bond donors (Lipinski definition) is 2. The van der Waals surface area contributed by atoms with Crippen molar-refractivity contribution in [2.24, 2.45) is 7.05 Å². The normalized spacial score (nSPS) is 12.8. The zero-order chi connectivity index (χ0) is 23.7. The lowest BCUT2D eigenvalue weighted by Gasteiger charge is -2.15. The second kappa shape index (κ2) is 9.27. The van der Waals surface area contributed by atoms with E-state index in [9.17, 15) is 9.59 Å². The van der Waals surface area contributed by atoms with Gasteiger partial charge in [-0.05, 0) is 79.6 Å². The van der Waals surface area contributed by atoms with Gasteiger partial charge in [0, 0.05) is 35.6 Å². The Labute approximate surface area is 202 Å². The number of aryl methyl sites for hydroxylation is 3. The highest BCUT2D eigenvalue weighted by molar-refractivity contribution is 7.14. The van der Waals surface area contributed by atoms with Gasteiger partial charge in [-0.2, -0.15) is 0 Å². The van der Waals surface area contributed by atoms with Crippen molar-refractivity contribution in [3.8, 4) is 11.1 Å². The third-order valence-electron chi connectivity index (χ3n) is 6.22. The minimum Gasteiger partial charge on any atom is -0.336 e. The third-order valence-corrected chi connectivity index (χ3v) is 7.46. The van der Waals surface area contributed by atoms with Crippen molar-refractivity contribution in [1.82, 2.24) is 9.55 Å². The van der Waals surface area contributed by atoms with Gasteiger partial charge in [-0.25, -0.2) is 4.98 Å². The van der Waals surface area contributed by atoms with Crippen molar-refractivity contribution in [2.45, 2.75) is 32.6 Å². The van der Waals surface area contributed by atoms with Crippen LogP contribution in [-0.2, 0) is 19.9 Å². The number of amides is 1. The summed E-state index contributed by atoms with van der Waals surface area (Å²) in [6.45, 7) is 1.99. The number of nitrogens with one attached hydrogen (secondary N) is 2. The molecule has 1 aromatic carbocycles. The first kappa shape index (κ1) is 22.1. The number of fused-ring (bicyclic) bond motifs is 1. The lowest BCUT2D eigenvalue weighted by Crippen LogP contribution is -2.19. The van der Waals surface area contributed by atoms with E-state index in [1.165, 1.54) is 23.3 Å². The fourth-order valence-electron chi connectivity index (χ4n) is 4.39. The van der Waals surface area contributed by atoms with Crippen molar-refractivity contribution in [2.75, 3.05) is 10.6 Å². The number of aromatic nitrogens is 2. The predicted molar refractivity (Wildman–Crippen MR) is 138 cm³/mol. The summed E-state index contributed by atoms with van der Waals surface area (Å²) in [6.07, 6.45) is 8.03. The fraction of sp³-hybridized carbons (Fsp3) is 0.222. The highest BCUT2D eigenvalue weighted by atomic mass is 32.1. The van der Waals surface area contributed by atoms with Crippen molar-refractivity contribution in [3.05, 3.63) is 92.2 Å². The molecule has 3 aromatic heterocycles. The zero-order valence-corrected chi connectivity index (χ0v) is 20.0. The molecule has 0 bridgehead atoms. The van der Waals surface area contributed by atoms with Gasteiger partial charge in [0.1, 0.15) is 11.5 Å². The zero-order valence-electron chi connectivity index (χ0n) is 19.2. The minimum atomic E-state index is -0.141. The number of anilines is 3. The Kier molecular flexibility index (Phi) is 6.02. The molecule has 1 aliphatic carbocycles. The number of hydrogen-bond acceptors (Lipinski definition) is 5. The molecule has 172 valence electrons. The number of pyridine rings is 2. The third kappa shape index (κ3) is 4.39. The number of nitrogens with zero attached hydrogens (tertiary/aromatic N) is 2. The largest absolute Gasteiger partial charge is 0.336 e. The van der Waals surface area contributed by atoms with Crippen LogP contribution >= 0.6 is 11.3 Å². The summed E-state index contributed by atoms with van der Waals surface area (Å²) in [5.74, 6) is 0.533. The van der Waals surface area contributed by atoms with Crippen LogP contribution in [0.4, 0.5) is 17.2 Å². The summed E-state index contributed by atoms with van der Waals surface area (Å²) in [5, 5.41) is 6.23. The van der Waals surface area contributed by atoms with Crippen LogP contribution < -0.4 is 16.2 Å². The lowest BCUT2D eigenvalue weighted by molar-refractivity contribution is 0.103. The fourth-order valence-corrected chi connectivity index (χ4v) is 5.54. The van der Waals surface area contributed by atoms with Crippen LogP contribution in [0, 0.1) is 6.92 Å². The molecule has 0 atom stereocenters. The van der Waals surface area contributed by atoms with Gasteiger partial charge in [-0.1, -0.05) is 18.2 Å². The van der Waals surface area contributed by atoms with E-state index in [0.29, 0.717) is 11.5 Å². The summed E-state index contributed by atoms with van der Waals surface area (Å²) in [7, 11) is 1.73. The van der Waals surface area contributed by atoms with Gasteiger partial charge in [0.05, 0.1) is 4.88 Å². The molecular weight excluding hydrogens is 444 g/mol. The first-order chi connectivity index (χ1) is 16.5. The molecule has 0 saturated heterocycles. The number of carbonyl (C=O) groups is 1. The molecule has 0 fully saturated rings. The summed E-state index contributed by atoms with van der Waals surface area (Å²) in [4.78, 5) is 32.1. The maximum absolute atomic E-state index is 13.0. The summed E-state index contributed by atoms with van der Waals surface area (Å²) < 4.78 is 1.56. The summed E-state index contributed by atoms with van der Waals surface area (Å²) >= 11 is 1.61. The average molecular weight is 471 g/mol. The van der Waals surface area contributed by atoms with Crippen LogP contribution in [0.15, 0.2) is 65.7 Å². The Morgan fingerprint density at radius 3 is 2.71 bits per heavy atom. The quantitative estimate of drug-likeness (QED) is 0.393. The van der Waals surface area contributed by atoms with E-state index in [2.05, 4.69) is 21.7 Å². The monoisotopic (exact) mass is 470 g/mol. The van der Waals surface area contributed by atoms with Gasteiger partial charge in [0.2, 0.25) is 0 Å². The van der Waals surface area contributed by atoms with Gasteiger partial charge in [-0.3, -0.25) is 9.59 Å². The second-order valence-electron chi connectivity index (χ2n) is 8.60. The van der Waals surface area contributed by atoms with E-state index < -0.39 is 0 Å². The van der Waals surface area contributed by atoms with Crippen LogP contribution in [0.1, 0.15) is 38.5 Å². The molecule has 4 aromatic rings. The van der Waals surface area contributed by atoms with Crippen molar-refractivity contribution in [3.63, 3.8) is 0 Å². The molecule has 34 heavy (non-hydrogen) atoms. The maximum atomic E-state index is 13.0. The Balaban J connectivity index is 1.45. The molecule has 0 unspecified atom stereocenters. The standard InChI is InChI=1S/C27H26N4O2S/c1-17-20(19-14-22(27(33)31(2)16-19)29-25-12-5-6-13-28-25)9-7-10-21(17)30-26(32)24-15-18-8-3-4-11-23(18)34-24/h5-7,9-10,12-16H,3-4,8,11H2,1-2H3,(H,28,29)(H,30,32). The van der Waals surface area contributed by atoms with Gasteiger partial charge in [0.15, 0.2) is 0 Å². The number of carbonyl (C=O) groups excluding carboxylic acids is 1. The molecule has 6 nitrogen and oxygen atoms in total. The van der Waals surface area contributed by atoms with E-state index in [0.717, 1.165) is 40.1 Å². The Hall–Kier alpha value is -3.71. The van der Waals surface area contributed by atoms with E-state index >= 15 is 0 Å². The van der Waals surface area contributed by atoms with E-state index in [1.54, 1.807) is 29.1 Å². The highest BCUT2D eigenvalue weighted by Gasteiger charge is 2.18. The molecule has 7 heteroatoms. The van der Waals surface area contributed by atoms with Crippen LogP contribution in [-0.4, -0.2) is 15.5 Å². The van der Waals surface area contributed by atoms with E-state index in [1.807, 2.05) is 55.6 Å². The molecular formula is C27H26N4O2S. The Morgan fingerprint density at radius 2 is 1.91 bits per heavy atom. The number of thiophene rings is 1. The molecule has 0 spiro atoms. The summed E-state index contributed by atoms with van der Waals surface area (Å²) in [5.41, 5.74) is 5.16. The van der Waals surface area contributed by atoms with E-state index in [4.69, 9.17) is 0 Å². The predicted octanol–water partition coefficient (Wildman–Crippen LogP) is 5.69. The average Bonchev–Trinajstić information content (AvgIpc) is 3.28. The molecule has 0 aliphatic heterocycles. The first-order valence-electron chi connectivity index (χ1n) is 11.4. The SMILES string of the molecule is Cc1c(NC(=O)c2cc3c(s2)CCCC3)cccc1-c1cc(Nc2ccccn2)c(=O)n(C)c1. The van der Waals surface area contributed by atoms with Gasteiger partial charge >= 0.3 is 0 Å². The van der Waals surface area contributed by atoms with E-state index in [-0.39, 0.29) is 11.5 Å². The van der Waals surface area contributed by atoms with Crippen molar-refractivity contribution in [1.29, 1.82) is 0 Å². The van der Waals surface area contributed by atoms with Crippen LogP contribution in [0.5, 0.6) is 0 Å². The molecule has 2 N–H and O–H groups in total. The first-order valence-corrected chi connectivity index (χ1v) is 12.2. The Bertz CT molecular complexity index is 1400. The van der Waals surface area contributed by atoms with Gasteiger partial charge < -0.3 is 15.2 Å². The highest BCUT2D eigenvalue weighted by Crippen LogP contribution is 2.32. The van der Waals surface area contributed by atoms with Gasteiger partial charge in [0.25, 0.3) is 11.5 Å². The molecule has 3 heterocycles. The van der Waals surface area contributed by atoms with Gasteiger partial charge in [-0.15, -0.1) is 11.3 Å². The smallest absolute Gasteiger partial charge is 0.274 e. The molecule has 1 amide bonds. The summed E-state index contributed by atoms with van der Waals surface area (Å²) in [6, 6.07) is 15.2. The van der Waals surface area contributed by atoms with Crippen LogP contribution in [0.2, 0.25) is 0 Å². The van der Waals surface area contributed by atoms with Crippen LogP contribution in [0.25, 0.3) is 11.1 Å². The second-order valence-corrected chi connectivity index (χ2v) is 9.73. The topological polar surface area (TPSA) is 76.0 Å². The molecule has 0 saturated carbocycles. The number of rotatable bonds is 5. The minimum absolute atomic E-state index is 0.0716. The van der Waals surface area contributed by atoms with Crippen molar-refractivity contribution >= 4 is 34.4 Å². The van der Waals surface area contributed by atoms with Crippen molar-refractivity contribution < 1.29 is 4.79 Å². The molecule has 1 aliphatic rings. The lowest BCUT2D eigenvalue weighted by atomic mass is 9.99. The maximum Gasteiger partial charge on any atom is 0.274 e.